The number of hydrogen-bond donors (Lipinski definition) is 2. The molecule has 0 aromatic heterocycles. The Bertz CT molecular complexity index is 1170. The summed E-state index contributed by atoms with van der Waals surface area (Å²) in [7, 11) is 1.54. The van der Waals surface area contributed by atoms with Crippen LogP contribution in [0.5, 0.6) is 5.75 Å². The molecule has 8 heteroatoms. The minimum atomic E-state index is -1.32. The molecular formula is C24H18ClN2O5-. The minimum Gasteiger partial charge on any atom is -0.545 e. The van der Waals surface area contributed by atoms with Crippen molar-refractivity contribution in [3.8, 4) is 5.75 Å². The van der Waals surface area contributed by atoms with E-state index in [9.17, 15) is 19.5 Å². The molecule has 0 heterocycles. The summed E-state index contributed by atoms with van der Waals surface area (Å²) in [5, 5.41) is 16.4. The van der Waals surface area contributed by atoms with Crippen molar-refractivity contribution >= 4 is 41.1 Å². The Morgan fingerprint density at radius 3 is 2.19 bits per heavy atom. The fraction of sp³-hybridized carbons (Fsp3) is 0.0417. The van der Waals surface area contributed by atoms with Crippen molar-refractivity contribution in [2.45, 2.75) is 0 Å². The molecule has 32 heavy (non-hydrogen) atoms. The van der Waals surface area contributed by atoms with Crippen LogP contribution in [-0.4, -0.2) is 24.9 Å². The van der Waals surface area contributed by atoms with Crippen molar-refractivity contribution in [3.05, 3.63) is 100 Å². The SMILES string of the molecule is COc1ccc(/C=C(\NC(=O)c2ccccc2Cl)C(=O)Nc2ccc(C(=O)[O-])cc2)cc1. The first kappa shape index (κ1) is 22.6. The van der Waals surface area contributed by atoms with Crippen molar-refractivity contribution in [3.63, 3.8) is 0 Å². The molecule has 162 valence electrons. The zero-order chi connectivity index (χ0) is 23.1. The number of carboxylic acid groups (broad SMARTS) is 1. The molecule has 0 atom stereocenters. The lowest BCUT2D eigenvalue weighted by Crippen LogP contribution is -2.31. The highest BCUT2D eigenvalue weighted by Gasteiger charge is 2.17. The molecule has 0 aliphatic carbocycles. The summed E-state index contributed by atoms with van der Waals surface area (Å²) < 4.78 is 5.13. The first-order valence-corrected chi connectivity index (χ1v) is 9.79. The topological polar surface area (TPSA) is 108 Å². The van der Waals surface area contributed by atoms with Crippen LogP contribution in [0.25, 0.3) is 6.08 Å². The Morgan fingerprint density at radius 2 is 1.59 bits per heavy atom. The third-order valence-corrected chi connectivity index (χ3v) is 4.75. The standard InChI is InChI=1S/C24H19ClN2O5/c1-32-18-12-6-15(7-13-18)14-21(27-22(28)19-4-2-3-5-20(19)25)23(29)26-17-10-8-16(9-11-17)24(30)31/h2-14H,1H3,(H,26,29)(H,27,28)(H,30,31)/p-1/b21-14-. The normalized spacial score (nSPS) is 10.9. The fourth-order valence-electron chi connectivity index (χ4n) is 2.75. The van der Waals surface area contributed by atoms with Crippen molar-refractivity contribution in [1.82, 2.24) is 5.32 Å². The average molecular weight is 450 g/mol. The van der Waals surface area contributed by atoms with Crippen LogP contribution in [-0.2, 0) is 4.79 Å². The Kier molecular flexibility index (Phi) is 7.25. The molecular weight excluding hydrogens is 432 g/mol. The Hall–Kier alpha value is -4.10. The number of halogens is 1. The highest BCUT2D eigenvalue weighted by molar-refractivity contribution is 6.34. The van der Waals surface area contributed by atoms with Gasteiger partial charge in [-0.25, -0.2) is 0 Å². The lowest BCUT2D eigenvalue weighted by Gasteiger charge is -2.12. The van der Waals surface area contributed by atoms with E-state index in [2.05, 4.69) is 10.6 Å². The molecule has 7 nitrogen and oxygen atoms in total. The van der Waals surface area contributed by atoms with Gasteiger partial charge in [-0.2, -0.15) is 0 Å². The van der Waals surface area contributed by atoms with E-state index in [1.54, 1.807) is 55.6 Å². The predicted octanol–water partition coefficient (Wildman–Crippen LogP) is 3.12. The van der Waals surface area contributed by atoms with Gasteiger partial charge in [-0.15, -0.1) is 0 Å². The van der Waals surface area contributed by atoms with Gasteiger partial charge >= 0.3 is 0 Å². The van der Waals surface area contributed by atoms with E-state index in [1.807, 2.05) is 0 Å². The minimum absolute atomic E-state index is 0.0241. The van der Waals surface area contributed by atoms with E-state index in [0.717, 1.165) is 0 Å². The number of rotatable bonds is 7. The zero-order valence-corrected chi connectivity index (χ0v) is 17.7. The van der Waals surface area contributed by atoms with E-state index in [4.69, 9.17) is 16.3 Å². The summed E-state index contributed by atoms with van der Waals surface area (Å²) in [6.45, 7) is 0. The van der Waals surface area contributed by atoms with Crippen LogP contribution < -0.4 is 20.5 Å². The second-order valence-corrected chi connectivity index (χ2v) is 6.99. The summed E-state index contributed by atoms with van der Waals surface area (Å²) in [6.07, 6.45) is 1.50. The summed E-state index contributed by atoms with van der Waals surface area (Å²) in [5.74, 6) is -1.85. The monoisotopic (exact) mass is 449 g/mol. The number of methoxy groups -OCH3 is 1. The van der Waals surface area contributed by atoms with Crippen molar-refractivity contribution in [2.24, 2.45) is 0 Å². The molecule has 0 aliphatic rings. The predicted molar refractivity (Wildman–Crippen MR) is 119 cm³/mol. The number of carboxylic acids is 1. The average Bonchev–Trinajstić information content (AvgIpc) is 2.79. The molecule has 0 saturated carbocycles. The lowest BCUT2D eigenvalue weighted by molar-refractivity contribution is -0.255. The first-order valence-electron chi connectivity index (χ1n) is 9.42. The van der Waals surface area contributed by atoms with Crippen LogP contribution in [0.3, 0.4) is 0 Å². The van der Waals surface area contributed by atoms with Gasteiger partial charge < -0.3 is 25.3 Å². The van der Waals surface area contributed by atoms with Crippen LogP contribution in [0.4, 0.5) is 5.69 Å². The van der Waals surface area contributed by atoms with E-state index in [1.165, 1.54) is 30.3 Å². The van der Waals surface area contributed by atoms with Crippen molar-refractivity contribution in [1.29, 1.82) is 0 Å². The largest absolute Gasteiger partial charge is 0.545 e. The molecule has 3 aromatic rings. The fourth-order valence-corrected chi connectivity index (χ4v) is 2.97. The highest BCUT2D eigenvalue weighted by atomic mass is 35.5. The molecule has 0 saturated heterocycles. The Labute approximate surface area is 189 Å². The van der Waals surface area contributed by atoms with Crippen LogP contribution >= 0.6 is 11.6 Å². The second-order valence-electron chi connectivity index (χ2n) is 6.58. The Morgan fingerprint density at radius 1 is 0.938 bits per heavy atom. The van der Waals surface area contributed by atoms with E-state index < -0.39 is 17.8 Å². The molecule has 0 spiro atoms. The molecule has 3 rings (SSSR count). The third-order valence-electron chi connectivity index (χ3n) is 4.42. The van der Waals surface area contributed by atoms with Gasteiger partial charge in [0, 0.05) is 5.69 Å². The maximum Gasteiger partial charge on any atom is 0.272 e. The maximum absolute atomic E-state index is 12.9. The summed E-state index contributed by atoms with van der Waals surface area (Å²) in [6, 6.07) is 18.8. The molecule has 3 aromatic carbocycles. The smallest absolute Gasteiger partial charge is 0.272 e. The number of carbonyl (C=O) groups is 3. The summed E-state index contributed by atoms with van der Waals surface area (Å²) in [5.41, 5.74) is 1.13. The number of anilines is 1. The lowest BCUT2D eigenvalue weighted by atomic mass is 10.1. The summed E-state index contributed by atoms with van der Waals surface area (Å²) in [4.78, 5) is 36.6. The summed E-state index contributed by atoms with van der Waals surface area (Å²) >= 11 is 6.10. The van der Waals surface area contributed by atoms with Crippen LogP contribution in [0.2, 0.25) is 5.02 Å². The van der Waals surface area contributed by atoms with Gasteiger partial charge in [-0.3, -0.25) is 9.59 Å². The Balaban J connectivity index is 1.88. The number of carbonyl (C=O) groups excluding carboxylic acids is 3. The number of aromatic carboxylic acids is 1. The number of ether oxygens (including phenoxy) is 1. The third kappa shape index (κ3) is 5.74. The van der Waals surface area contributed by atoms with Crippen molar-refractivity contribution in [2.75, 3.05) is 12.4 Å². The molecule has 0 aliphatic heterocycles. The van der Waals surface area contributed by atoms with Gasteiger partial charge in [0.25, 0.3) is 11.8 Å². The van der Waals surface area contributed by atoms with Crippen LogP contribution in [0.15, 0.2) is 78.5 Å². The van der Waals surface area contributed by atoms with Gasteiger partial charge in [0.15, 0.2) is 0 Å². The van der Waals surface area contributed by atoms with Gasteiger partial charge in [-0.1, -0.05) is 48.0 Å². The van der Waals surface area contributed by atoms with Crippen molar-refractivity contribution < 1.29 is 24.2 Å². The molecule has 2 N–H and O–H groups in total. The molecule has 0 unspecified atom stereocenters. The first-order chi connectivity index (χ1) is 15.4. The molecule has 0 bridgehead atoms. The number of nitrogens with one attached hydrogen (secondary N) is 2. The number of amides is 2. The van der Waals surface area contributed by atoms with Gasteiger partial charge in [0.1, 0.15) is 11.4 Å². The van der Waals surface area contributed by atoms with Crippen LogP contribution in [0.1, 0.15) is 26.3 Å². The maximum atomic E-state index is 12.9. The highest BCUT2D eigenvalue weighted by Crippen LogP contribution is 2.18. The zero-order valence-electron chi connectivity index (χ0n) is 16.9. The second kappa shape index (κ2) is 10.3. The van der Waals surface area contributed by atoms with E-state index in [-0.39, 0.29) is 21.8 Å². The van der Waals surface area contributed by atoms with Gasteiger partial charge in [-0.05, 0) is 53.6 Å². The molecule has 0 radical (unpaired) electrons. The van der Waals surface area contributed by atoms with E-state index >= 15 is 0 Å². The quantitative estimate of drug-likeness (QED) is 0.539. The number of hydrogen-bond acceptors (Lipinski definition) is 5. The van der Waals surface area contributed by atoms with Crippen LogP contribution in [0, 0.1) is 0 Å². The number of benzene rings is 3. The van der Waals surface area contributed by atoms with E-state index in [0.29, 0.717) is 17.0 Å². The van der Waals surface area contributed by atoms with Gasteiger partial charge in [0.05, 0.1) is 23.7 Å². The van der Waals surface area contributed by atoms with Gasteiger partial charge in [0.2, 0.25) is 0 Å². The molecule has 2 amide bonds. The molecule has 0 fully saturated rings.